The molecule has 0 spiro atoms. The molecular weight excluding hydrogens is 422 g/mol. The molecule has 2 aromatic heterocycles. The maximum absolute atomic E-state index is 13.5. The van der Waals surface area contributed by atoms with Crippen LogP contribution in [0.4, 0.5) is 0 Å². The van der Waals surface area contributed by atoms with Crippen LogP contribution in [0.15, 0.2) is 36.4 Å². The summed E-state index contributed by atoms with van der Waals surface area (Å²) in [6.07, 6.45) is 3.66. The molecule has 0 bridgehead atoms. The quantitative estimate of drug-likeness (QED) is 0.638. The molecule has 0 aliphatic carbocycles. The fourth-order valence-corrected chi connectivity index (χ4v) is 5.08. The summed E-state index contributed by atoms with van der Waals surface area (Å²) in [5, 5.41) is 8.19. The van der Waals surface area contributed by atoms with Gasteiger partial charge in [0.1, 0.15) is 13.2 Å². The van der Waals surface area contributed by atoms with E-state index in [1.54, 1.807) is 17.4 Å². The van der Waals surface area contributed by atoms with E-state index in [2.05, 4.69) is 11.4 Å². The van der Waals surface area contributed by atoms with E-state index in [1.807, 2.05) is 24.3 Å². The van der Waals surface area contributed by atoms with Crippen LogP contribution in [-0.2, 0) is 12.8 Å². The number of halogens is 1. The molecule has 6 nitrogen and oxygen atoms in total. The van der Waals surface area contributed by atoms with Gasteiger partial charge in [0, 0.05) is 10.6 Å². The van der Waals surface area contributed by atoms with Gasteiger partial charge in [0.05, 0.1) is 21.6 Å². The first-order valence-corrected chi connectivity index (χ1v) is 11.4. The molecule has 0 radical (unpaired) electrons. The van der Waals surface area contributed by atoms with Crippen molar-refractivity contribution in [1.82, 2.24) is 15.1 Å². The second-order valence-corrected chi connectivity index (χ2v) is 9.26. The molecule has 8 heteroatoms. The lowest BCUT2D eigenvalue weighted by Crippen LogP contribution is -2.22. The van der Waals surface area contributed by atoms with Crippen molar-refractivity contribution in [3.8, 4) is 11.5 Å². The Morgan fingerprint density at radius 3 is 2.93 bits per heavy atom. The highest BCUT2D eigenvalue weighted by atomic mass is 35.5. The molecular formula is C22H22ClN3O3S. The fraction of sp³-hybridized carbons (Fsp3) is 0.364. The number of fused-ring (bicyclic) bond motifs is 1. The summed E-state index contributed by atoms with van der Waals surface area (Å²) < 4.78 is 13.7. The first-order valence-electron chi connectivity index (χ1n) is 10.2. The van der Waals surface area contributed by atoms with Crippen LogP contribution in [0.5, 0.6) is 11.5 Å². The number of carbonyl (C=O) groups is 1. The number of benzene rings is 1. The van der Waals surface area contributed by atoms with Gasteiger partial charge in [-0.1, -0.05) is 17.7 Å². The number of carbonyl (C=O) groups excluding carboxylic acids is 1. The van der Waals surface area contributed by atoms with Crippen molar-refractivity contribution < 1.29 is 14.3 Å². The van der Waals surface area contributed by atoms with Gasteiger partial charge in [0.2, 0.25) is 0 Å². The summed E-state index contributed by atoms with van der Waals surface area (Å²) in [5.74, 6) is 0.910. The van der Waals surface area contributed by atoms with E-state index >= 15 is 0 Å². The zero-order chi connectivity index (χ0) is 20.5. The third-order valence-corrected chi connectivity index (χ3v) is 6.76. The molecule has 0 saturated carbocycles. The fourth-order valence-electron chi connectivity index (χ4n) is 4.00. The van der Waals surface area contributed by atoms with Crippen LogP contribution in [0.1, 0.15) is 45.5 Å². The Kier molecular flexibility index (Phi) is 5.50. The number of nitrogens with zero attached hydrogens (tertiary/aromatic N) is 2. The maximum Gasteiger partial charge on any atom is 0.282 e. The summed E-state index contributed by atoms with van der Waals surface area (Å²) in [4.78, 5) is 14.7. The van der Waals surface area contributed by atoms with Gasteiger partial charge in [-0.05, 0) is 62.6 Å². The van der Waals surface area contributed by atoms with Gasteiger partial charge in [0.15, 0.2) is 11.5 Å². The van der Waals surface area contributed by atoms with Crippen LogP contribution < -0.4 is 14.8 Å². The molecule has 2 aliphatic heterocycles. The van der Waals surface area contributed by atoms with Gasteiger partial charge in [-0.25, -0.2) is 4.68 Å². The van der Waals surface area contributed by atoms with E-state index in [9.17, 15) is 4.79 Å². The van der Waals surface area contributed by atoms with E-state index in [0.29, 0.717) is 36.7 Å². The van der Waals surface area contributed by atoms with Crippen molar-refractivity contribution in [3.05, 3.63) is 62.6 Å². The molecule has 1 fully saturated rings. The zero-order valence-electron chi connectivity index (χ0n) is 16.4. The topological polar surface area (TPSA) is 65.4 Å². The average Bonchev–Trinajstić information content (AvgIpc) is 3.52. The SMILES string of the molecule is O=C(c1cccc2c1OCCO2)n1nc(C2CCCN2)cc1CCc1ccc(Cl)s1. The Labute approximate surface area is 183 Å². The van der Waals surface area contributed by atoms with E-state index in [0.717, 1.165) is 41.5 Å². The van der Waals surface area contributed by atoms with E-state index in [-0.39, 0.29) is 11.9 Å². The second kappa shape index (κ2) is 8.41. The maximum atomic E-state index is 13.5. The highest BCUT2D eigenvalue weighted by Crippen LogP contribution is 2.34. The predicted molar refractivity (Wildman–Crippen MR) is 116 cm³/mol. The van der Waals surface area contributed by atoms with E-state index in [4.69, 9.17) is 26.2 Å². The van der Waals surface area contributed by atoms with E-state index in [1.165, 1.54) is 9.56 Å². The summed E-state index contributed by atoms with van der Waals surface area (Å²) in [6, 6.07) is 11.6. The molecule has 1 aromatic carbocycles. The van der Waals surface area contributed by atoms with Crippen molar-refractivity contribution >= 4 is 28.8 Å². The first-order chi connectivity index (χ1) is 14.7. The number of thiophene rings is 1. The van der Waals surface area contributed by atoms with Crippen LogP contribution >= 0.6 is 22.9 Å². The van der Waals surface area contributed by atoms with Crippen LogP contribution in [0.3, 0.4) is 0 Å². The number of aryl methyl sites for hydroxylation is 2. The summed E-state index contributed by atoms with van der Waals surface area (Å²) >= 11 is 7.64. The number of aromatic nitrogens is 2. The Bertz CT molecular complexity index is 1070. The zero-order valence-corrected chi connectivity index (χ0v) is 18.0. The summed E-state index contributed by atoms with van der Waals surface area (Å²) in [7, 11) is 0. The minimum Gasteiger partial charge on any atom is -0.486 e. The van der Waals surface area contributed by atoms with Crippen LogP contribution in [0.25, 0.3) is 0 Å². The van der Waals surface area contributed by atoms with Crippen molar-refractivity contribution in [2.45, 2.75) is 31.7 Å². The Morgan fingerprint density at radius 1 is 1.23 bits per heavy atom. The largest absolute Gasteiger partial charge is 0.486 e. The average molecular weight is 444 g/mol. The predicted octanol–water partition coefficient (Wildman–Crippen LogP) is 4.27. The summed E-state index contributed by atoms with van der Waals surface area (Å²) in [5.41, 5.74) is 2.28. The number of hydrogen-bond donors (Lipinski definition) is 1. The number of hydrogen-bond acceptors (Lipinski definition) is 6. The molecule has 1 saturated heterocycles. The van der Waals surface area contributed by atoms with Crippen LogP contribution in [0.2, 0.25) is 4.34 Å². The van der Waals surface area contributed by atoms with Gasteiger partial charge in [-0.3, -0.25) is 4.79 Å². The molecule has 156 valence electrons. The number of rotatable bonds is 5. The van der Waals surface area contributed by atoms with Gasteiger partial charge in [0.25, 0.3) is 5.91 Å². The highest BCUT2D eigenvalue weighted by Gasteiger charge is 2.26. The Balaban J connectivity index is 1.48. The van der Waals surface area contributed by atoms with Gasteiger partial charge in [-0.15, -0.1) is 11.3 Å². The minimum absolute atomic E-state index is 0.193. The molecule has 5 rings (SSSR count). The molecule has 4 heterocycles. The van der Waals surface area contributed by atoms with Gasteiger partial charge >= 0.3 is 0 Å². The van der Waals surface area contributed by atoms with Crippen LogP contribution in [0, 0.1) is 0 Å². The number of nitrogens with one attached hydrogen (secondary N) is 1. The van der Waals surface area contributed by atoms with Crippen molar-refractivity contribution in [1.29, 1.82) is 0 Å². The molecule has 0 amide bonds. The number of para-hydroxylation sites is 1. The Morgan fingerprint density at radius 2 is 2.13 bits per heavy atom. The third kappa shape index (κ3) is 3.85. The monoisotopic (exact) mass is 443 g/mol. The molecule has 3 aromatic rings. The van der Waals surface area contributed by atoms with Crippen molar-refractivity contribution in [3.63, 3.8) is 0 Å². The van der Waals surface area contributed by atoms with Crippen molar-refractivity contribution in [2.75, 3.05) is 19.8 Å². The smallest absolute Gasteiger partial charge is 0.282 e. The molecule has 1 unspecified atom stereocenters. The normalized spacial score (nSPS) is 18.0. The minimum atomic E-state index is -0.194. The molecule has 2 aliphatic rings. The first kappa shape index (κ1) is 19.6. The van der Waals surface area contributed by atoms with Gasteiger partial charge in [-0.2, -0.15) is 5.10 Å². The lowest BCUT2D eigenvalue weighted by molar-refractivity contribution is 0.0929. The van der Waals surface area contributed by atoms with Crippen LogP contribution in [-0.4, -0.2) is 35.4 Å². The standard InChI is InChI=1S/C22H22ClN3O3S/c23-20-9-8-15(30-20)7-6-14-13-18(17-4-2-10-24-17)25-26(14)22(27)16-3-1-5-19-21(16)29-12-11-28-19/h1,3,5,8-9,13,17,24H,2,4,6-7,10-12H2. The van der Waals surface area contributed by atoms with Gasteiger partial charge < -0.3 is 14.8 Å². The Hall–Kier alpha value is -2.35. The van der Waals surface area contributed by atoms with Crippen molar-refractivity contribution in [2.24, 2.45) is 0 Å². The molecule has 30 heavy (non-hydrogen) atoms. The molecule has 1 N–H and O–H groups in total. The lowest BCUT2D eigenvalue weighted by Gasteiger charge is -2.20. The second-order valence-electron chi connectivity index (χ2n) is 7.46. The lowest BCUT2D eigenvalue weighted by atomic mass is 10.1. The highest BCUT2D eigenvalue weighted by molar-refractivity contribution is 7.16. The third-order valence-electron chi connectivity index (χ3n) is 5.46. The summed E-state index contributed by atoms with van der Waals surface area (Å²) in [6.45, 7) is 1.89. The van der Waals surface area contributed by atoms with E-state index < -0.39 is 0 Å². The number of ether oxygens (including phenoxy) is 2. The molecule has 1 atom stereocenters.